The molecule has 1 rings (SSSR count). The van der Waals surface area contributed by atoms with Crippen molar-refractivity contribution in [3.05, 3.63) is 50.7 Å². The van der Waals surface area contributed by atoms with Crippen molar-refractivity contribution in [1.29, 1.82) is 0 Å². The van der Waals surface area contributed by atoms with Crippen LogP contribution >= 0.6 is 0 Å². The minimum Gasteiger partial charge on any atom is -0.358 e. The first-order valence-corrected chi connectivity index (χ1v) is 4.35. The smallest absolute Gasteiger partial charge is 0 e. The van der Waals surface area contributed by atoms with Crippen LogP contribution in [0.1, 0.15) is 39.2 Å². The fourth-order valence-corrected chi connectivity index (χ4v) is 0.838. The molecule has 87 valence electrons. The Kier molecular flexibility index (Phi) is 59.3. The first-order chi connectivity index (χ1) is 5.30. The molecule has 1 aromatic carbocycles. The molecule has 0 nitrogen and oxygen atoms in total. The maximum Gasteiger partial charge on any atom is 0 e. The standard InChI is InChI=1S/C9H12.C2H6.2CH3.3Y/c1-8(2)9-6-4-3-5-7-9;1-2;;;;;/h3-8H,1-2H3;1-2H3;2*1H3;;;/q;;2*-1;;;. The van der Waals surface area contributed by atoms with Gasteiger partial charge in [-0.05, 0) is 11.5 Å². The zero-order chi connectivity index (χ0) is 8.69. The van der Waals surface area contributed by atoms with Gasteiger partial charge in [-0.2, -0.15) is 0 Å². The fourth-order valence-electron chi connectivity index (χ4n) is 0.838. The van der Waals surface area contributed by atoms with Crippen molar-refractivity contribution in [2.45, 2.75) is 33.6 Å². The van der Waals surface area contributed by atoms with Crippen molar-refractivity contribution < 1.29 is 98.1 Å². The Hall–Kier alpha value is 2.53. The van der Waals surface area contributed by atoms with E-state index in [9.17, 15) is 0 Å². The summed E-state index contributed by atoms with van der Waals surface area (Å²) in [6.07, 6.45) is 0. The molecular formula is C13H24Y3-2. The second kappa shape index (κ2) is 26.2. The topological polar surface area (TPSA) is 0 Å². The summed E-state index contributed by atoms with van der Waals surface area (Å²) in [5.74, 6) is 0.659. The molecule has 0 aliphatic heterocycles. The van der Waals surface area contributed by atoms with Gasteiger partial charge in [0.25, 0.3) is 0 Å². The van der Waals surface area contributed by atoms with Gasteiger partial charge in [0.1, 0.15) is 0 Å². The zero-order valence-corrected chi connectivity index (χ0v) is 20.2. The fraction of sp³-hybridized carbons (Fsp3) is 0.385. The quantitative estimate of drug-likeness (QED) is 0.547. The molecule has 0 N–H and O–H groups in total. The van der Waals surface area contributed by atoms with E-state index in [1.165, 1.54) is 5.56 Å². The Bertz CT molecular complexity index is 174. The van der Waals surface area contributed by atoms with Gasteiger partial charge in [0.2, 0.25) is 0 Å². The van der Waals surface area contributed by atoms with Crippen LogP contribution < -0.4 is 0 Å². The largest absolute Gasteiger partial charge is 0.358 e. The zero-order valence-electron chi connectivity index (χ0n) is 11.7. The third kappa shape index (κ3) is 18.9. The second-order valence-electron chi connectivity index (χ2n) is 2.57. The maximum atomic E-state index is 2.20. The van der Waals surface area contributed by atoms with E-state index < -0.39 is 0 Å². The Morgan fingerprint density at radius 2 is 1.06 bits per heavy atom. The average Bonchev–Trinajstić information content (AvgIpc) is 2.10. The van der Waals surface area contributed by atoms with E-state index >= 15 is 0 Å². The summed E-state index contributed by atoms with van der Waals surface area (Å²) in [4.78, 5) is 0. The molecule has 0 aromatic heterocycles. The van der Waals surface area contributed by atoms with E-state index in [-0.39, 0.29) is 113 Å². The first kappa shape index (κ1) is 36.3. The molecular weight excluding hydrogens is 423 g/mol. The van der Waals surface area contributed by atoms with Crippen LogP contribution in [-0.2, 0) is 98.1 Å². The van der Waals surface area contributed by atoms with Crippen LogP contribution in [0.4, 0.5) is 0 Å². The Labute approximate surface area is 179 Å². The number of rotatable bonds is 1. The molecule has 1 aromatic rings. The molecule has 0 unspecified atom stereocenters. The van der Waals surface area contributed by atoms with Gasteiger partial charge >= 0.3 is 0 Å². The van der Waals surface area contributed by atoms with Gasteiger partial charge in [-0.15, -0.1) is 0 Å². The van der Waals surface area contributed by atoms with Gasteiger partial charge in [0.05, 0.1) is 0 Å². The Balaban J connectivity index is -0.0000000339. The summed E-state index contributed by atoms with van der Waals surface area (Å²) in [7, 11) is 0. The molecule has 0 atom stereocenters. The predicted molar refractivity (Wildman–Crippen MR) is 64.7 cm³/mol. The van der Waals surface area contributed by atoms with Crippen molar-refractivity contribution in [1.82, 2.24) is 0 Å². The molecule has 0 saturated heterocycles. The third-order valence-corrected chi connectivity index (χ3v) is 1.47. The van der Waals surface area contributed by atoms with Gasteiger partial charge < -0.3 is 14.9 Å². The molecule has 16 heavy (non-hydrogen) atoms. The van der Waals surface area contributed by atoms with Crippen molar-refractivity contribution in [2.24, 2.45) is 0 Å². The second-order valence-corrected chi connectivity index (χ2v) is 2.57. The third-order valence-electron chi connectivity index (χ3n) is 1.47. The van der Waals surface area contributed by atoms with Crippen LogP contribution in [0, 0.1) is 14.9 Å². The van der Waals surface area contributed by atoms with Crippen LogP contribution in [0.5, 0.6) is 0 Å². The van der Waals surface area contributed by atoms with Gasteiger partial charge in [-0.1, -0.05) is 58.0 Å². The van der Waals surface area contributed by atoms with Gasteiger partial charge in [0, 0.05) is 98.1 Å². The van der Waals surface area contributed by atoms with Crippen molar-refractivity contribution in [3.63, 3.8) is 0 Å². The average molecular weight is 447 g/mol. The molecule has 0 amide bonds. The van der Waals surface area contributed by atoms with Gasteiger partial charge in [0.15, 0.2) is 0 Å². The SMILES string of the molecule is CC.CC(C)c1ccccc1.[CH3-].[CH3-].[Y].[Y].[Y]. The molecule has 0 saturated carbocycles. The van der Waals surface area contributed by atoms with Crippen molar-refractivity contribution in [3.8, 4) is 0 Å². The summed E-state index contributed by atoms with van der Waals surface area (Å²) in [6, 6.07) is 10.5. The summed E-state index contributed by atoms with van der Waals surface area (Å²) in [6.45, 7) is 8.41. The number of benzene rings is 1. The van der Waals surface area contributed by atoms with Crippen LogP contribution in [0.3, 0.4) is 0 Å². The van der Waals surface area contributed by atoms with Crippen LogP contribution in [0.25, 0.3) is 0 Å². The van der Waals surface area contributed by atoms with Crippen LogP contribution in [0.15, 0.2) is 30.3 Å². The minimum atomic E-state index is 0. The Morgan fingerprint density at radius 1 is 0.750 bits per heavy atom. The Morgan fingerprint density at radius 3 is 1.25 bits per heavy atom. The summed E-state index contributed by atoms with van der Waals surface area (Å²) in [5.41, 5.74) is 1.41. The van der Waals surface area contributed by atoms with E-state index in [4.69, 9.17) is 0 Å². The molecule has 0 spiro atoms. The molecule has 0 aliphatic carbocycles. The summed E-state index contributed by atoms with van der Waals surface area (Å²) < 4.78 is 0. The van der Waals surface area contributed by atoms with Gasteiger partial charge in [-0.3, -0.25) is 0 Å². The maximum absolute atomic E-state index is 2.20. The van der Waals surface area contributed by atoms with Crippen LogP contribution in [0.2, 0.25) is 0 Å². The monoisotopic (exact) mass is 447 g/mol. The van der Waals surface area contributed by atoms with E-state index in [0.717, 1.165) is 0 Å². The predicted octanol–water partition coefficient (Wildman–Crippen LogP) is 4.73. The van der Waals surface area contributed by atoms with Crippen molar-refractivity contribution >= 4 is 0 Å². The summed E-state index contributed by atoms with van der Waals surface area (Å²) >= 11 is 0. The molecule has 0 fully saturated rings. The first-order valence-electron chi connectivity index (χ1n) is 4.35. The molecule has 0 bridgehead atoms. The normalized spacial score (nSPS) is 6.06. The molecule has 0 heterocycles. The van der Waals surface area contributed by atoms with E-state index in [0.29, 0.717) is 5.92 Å². The minimum absolute atomic E-state index is 0. The van der Waals surface area contributed by atoms with E-state index in [2.05, 4.69) is 38.1 Å². The summed E-state index contributed by atoms with van der Waals surface area (Å²) in [5, 5.41) is 0. The van der Waals surface area contributed by atoms with E-state index in [1.54, 1.807) is 0 Å². The van der Waals surface area contributed by atoms with Gasteiger partial charge in [-0.25, -0.2) is 0 Å². The number of hydrogen-bond donors (Lipinski definition) is 0. The van der Waals surface area contributed by atoms with Crippen molar-refractivity contribution in [2.75, 3.05) is 0 Å². The van der Waals surface area contributed by atoms with E-state index in [1.807, 2.05) is 19.9 Å². The van der Waals surface area contributed by atoms with Crippen LogP contribution in [-0.4, -0.2) is 0 Å². The molecule has 3 heteroatoms. The molecule has 0 aliphatic rings. The number of hydrogen-bond acceptors (Lipinski definition) is 0. The molecule has 3 radical (unpaired) electrons.